The van der Waals surface area contributed by atoms with Crippen LogP contribution >= 0.6 is 0 Å². The number of fused-ring (bicyclic) bond motifs is 1. The van der Waals surface area contributed by atoms with Gasteiger partial charge in [-0.25, -0.2) is 4.79 Å². The Morgan fingerprint density at radius 2 is 1.76 bits per heavy atom. The van der Waals surface area contributed by atoms with Crippen molar-refractivity contribution < 1.29 is 23.5 Å². The van der Waals surface area contributed by atoms with Crippen molar-refractivity contribution in [3.05, 3.63) is 81.7 Å². The van der Waals surface area contributed by atoms with Gasteiger partial charge in [0, 0.05) is 24.9 Å². The SMILES string of the molecule is C=C(C)COc1ccc2c(C)c(CC(=O)NCCc3ccc(OC(C)=O)cc3)c(=O)oc2c1. The van der Waals surface area contributed by atoms with Crippen LogP contribution in [0.25, 0.3) is 11.0 Å². The topological polar surface area (TPSA) is 94.8 Å². The van der Waals surface area contributed by atoms with Gasteiger partial charge in [-0.3, -0.25) is 9.59 Å². The molecule has 2 aromatic carbocycles. The van der Waals surface area contributed by atoms with Gasteiger partial charge in [-0.2, -0.15) is 0 Å². The molecule has 7 nitrogen and oxygen atoms in total. The summed E-state index contributed by atoms with van der Waals surface area (Å²) in [5, 5.41) is 3.59. The molecule has 0 aliphatic heterocycles. The van der Waals surface area contributed by atoms with E-state index in [0.717, 1.165) is 16.5 Å². The molecule has 0 bridgehead atoms. The van der Waals surface area contributed by atoms with Gasteiger partial charge in [0.15, 0.2) is 0 Å². The van der Waals surface area contributed by atoms with Gasteiger partial charge < -0.3 is 19.2 Å². The minimum atomic E-state index is -0.534. The van der Waals surface area contributed by atoms with Crippen LogP contribution in [0.3, 0.4) is 0 Å². The summed E-state index contributed by atoms with van der Waals surface area (Å²) in [4.78, 5) is 35.9. The van der Waals surface area contributed by atoms with Crippen LogP contribution in [-0.2, 0) is 22.4 Å². The minimum absolute atomic E-state index is 0.0661. The molecule has 0 atom stereocenters. The van der Waals surface area contributed by atoms with E-state index >= 15 is 0 Å². The van der Waals surface area contributed by atoms with Gasteiger partial charge >= 0.3 is 11.6 Å². The molecular weight excluding hydrogens is 422 g/mol. The number of ether oxygens (including phenoxy) is 2. The third-order valence-electron chi connectivity index (χ3n) is 5.00. The maximum absolute atomic E-state index is 12.5. The molecule has 1 aromatic heterocycles. The van der Waals surface area contributed by atoms with Crippen molar-refractivity contribution in [2.45, 2.75) is 33.6 Å². The van der Waals surface area contributed by atoms with E-state index in [2.05, 4.69) is 11.9 Å². The standard InChI is InChI=1S/C26H27NO6/c1-16(2)15-31-21-9-10-22-17(3)23(26(30)33-24(22)13-21)14-25(29)27-12-11-19-5-7-20(8-6-19)32-18(4)28/h5-10,13H,1,11-12,14-15H2,2-4H3,(H,27,29). The number of esters is 1. The van der Waals surface area contributed by atoms with E-state index in [1.165, 1.54) is 6.92 Å². The molecule has 0 saturated carbocycles. The predicted molar refractivity (Wildman–Crippen MR) is 126 cm³/mol. The fourth-order valence-corrected chi connectivity index (χ4v) is 3.33. The van der Waals surface area contributed by atoms with E-state index in [4.69, 9.17) is 13.9 Å². The van der Waals surface area contributed by atoms with Crippen molar-refractivity contribution in [2.75, 3.05) is 13.2 Å². The summed E-state index contributed by atoms with van der Waals surface area (Å²) in [6.45, 7) is 9.60. The summed E-state index contributed by atoms with van der Waals surface area (Å²) >= 11 is 0. The molecule has 33 heavy (non-hydrogen) atoms. The number of rotatable bonds is 9. The van der Waals surface area contributed by atoms with E-state index in [1.807, 2.05) is 25.1 Å². The summed E-state index contributed by atoms with van der Waals surface area (Å²) in [7, 11) is 0. The monoisotopic (exact) mass is 449 g/mol. The number of hydrogen-bond donors (Lipinski definition) is 1. The second-order valence-electron chi connectivity index (χ2n) is 7.91. The number of carbonyl (C=O) groups is 2. The van der Waals surface area contributed by atoms with Crippen LogP contribution < -0.4 is 20.4 Å². The van der Waals surface area contributed by atoms with Gasteiger partial charge in [0.1, 0.15) is 23.7 Å². The second-order valence-corrected chi connectivity index (χ2v) is 7.91. The van der Waals surface area contributed by atoms with Gasteiger partial charge in [0.25, 0.3) is 0 Å². The molecular formula is C26H27NO6. The van der Waals surface area contributed by atoms with E-state index in [1.54, 1.807) is 31.2 Å². The third kappa shape index (κ3) is 6.55. The lowest BCUT2D eigenvalue weighted by Gasteiger charge is -2.11. The Hall–Kier alpha value is -3.87. The van der Waals surface area contributed by atoms with Crippen molar-refractivity contribution in [3.63, 3.8) is 0 Å². The molecule has 0 radical (unpaired) electrons. The van der Waals surface area contributed by atoms with E-state index < -0.39 is 5.63 Å². The highest BCUT2D eigenvalue weighted by atomic mass is 16.5. The zero-order valence-corrected chi connectivity index (χ0v) is 19.0. The molecule has 0 saturated heterocycles. The lowest BCUT2D eigenvalue weighted by atomic mass is 10.0. The summed E-state index contributed by atoms with van der Waals surface area (Å²) in [5.74, 6) is 0.422. The smallest absolute Gasteiger partial charge is 0.340 e. The van der Waals surface area contributed by atoms with E-state index in [9.17, 15) is 14.4 Å². The number of hydrogen-bond acceptors (Lipinski definition) is 6. The van der Waals surface area contributed by atoms with Crippen molar-refractivity contribution >= 4 is 22.8 Å². The number of nitrogens with one attached hydrogen (secondary N) is 1. The highest BCUT2D eigenvalue weighted by molar-refractivity contribution is 5.85. The average Bonchev–Trinajstić information content (AvgIpc) is 2.76. The first kappa shape index (κ1) is 23.8. The first-order valence-corrected chi connectivity index (χ1v) is 10.6. The number of aryl methyl sites for hydroxylation is 1. The second kappa shape index (κ2) is 10.6. The number of benzene rings is 2. The Labute approximate surface area is 192 Å². The molecule has 0 spiro atoms. The molecule has 1 heterocycles. The fraction of sp³-hybridized carbons (Fsp3) is 0.269. The van der Waals surface area contributed by atoms with E-state index in [0.29, 0.717) is 47.8 Å². The van der Waals surface area contributed by atoms with Crippen LogP contribution in [0.15, 0.2) is 63.8 Å². The van der Waals surface area contributed by atoms with Gasteiger partial charge in [-0.15, -0.1) is 0 Å². The van der Waals surface area contributed by atoms with Gasteiger partial charge in [0.05, 0.1) is 12.0 Å². The molecule has 3 rings (SSSR count). The summed E-state index contributed by atoms with van der Waals surface area (Å²) < 4.78 is 16.1. The number of amides is 1. The molecule has 1 N–H and O–H groups in total. The molecule has 1 amide bonds. The predicted octanol–water partition coefficient (Wildman–Crippen LogP) is 3.88. The largest absolute Gasteiger partial charge is 0.489 e. The van der Waals surface area contributed by atoms with Crippen molar-refractivity contribution in [1.29, 1.82) is 0 Å². The lowest BCUT2D eigenvalue weighted by molar-refractivity contribution is -0.131. The normalized spacial score (nSPS) is 10.6. The molecule has 0 aliphatic rings. The highest BCUT2D eigenvalue weighted by Crippen LogP contribution is 2.24. The van der Waals surface area contributed by atoms with Crippen LogP contribution in [0.4, 0.5) is 0 Å². The molecule has 0 unspecified atom stereocenters. The van der Waals surface area contributed by atoms with Crippen molar-refractivity contribution in [2.24, 2.45) is 0 Å². The summed E-state index contributed by atoms with van der Waals surface area (Å²) in [6, 6.07) is 12.4. The fourth-order valence-electron chi connectivity index (χ4n) is 3.33. The van der Waals surface area contributed by atoms with Crippen LogP contribution in [0.1, 0.15) is 30.5 Å². The maximum Gasteiger partial charge on any atom is 0.340 e. The number of carbonyl (C=O) groups excluding carboxylic acids is 2. The Morgan fingerprint density at radius 1 is 1.06 bits per heavy atom. The highest BCUT2D eigenvalue weighted by Gasteiger charge is 2.15. The van der Waals surface area contributed by atoms with Crippen LogP contribution in [0.5, 0.6) is 11.5 Å². The van der Waals surface area contributed by atoms with Crippen LogP contribution in [0.2, 0.25) is 0 Å². The average molecular weight is 450 g/mol. The maximum atomic E-state index is 12.5. The van der Waals surface area contributed by atoms with Crippen LogP contribution in [0, 0.1) is 6.92 Å². The third-order valence-corrected chi connectivity index (χ3v) is 5.00. The Bertz CT molecular complexity index is 1240. The summed E-state index contributed by atoms with van der Waals surface area (Å²) in [5.41, 5.74) is 2.79. The zero-order valence-electron chi connectivity index (χ0n) is 19.0. The Balaban J connectivity index is 1.61. The van der Waals surface area contributed by atoms with Gasteiger partial charge in [-0.05, 0) is 61.2 Å². The molecule has 0 aliphatic carbocycles. The van der Waals surface area contributed by atoms with Crippen LogP contribution in [-0.4, -0.2) is 25.0 Å². The van der Waals surface area contributed by atoms with E-state index in [-0.39, 0.29) is 18.3 Å². The molecule has 172 valence electrons. The van der Waals surface area contributed by atoms with Gasteiger partial charge in [-0.1, -0.05) is 18.7 Å². The molecule has 7 heteroatoms. The Kier molecular flexibility index (Phi) is 7.66. The molecule has 3 aromatic rings. The van der Waals surface area contributed by atoms with Crippen molar-refractivity contribution in [1.82, 2.24) is 5.32 Å². The summed E-state index contributed by atoms with van der Waals surface area (Å²) in [6.07, 6.45) is 0.535. The minimum Gasteiger partial charge on any atom is -0.489 e. The quantitative estimate of drug-likeness (QED) is 0.231. The van der Waals surface area contributed by atoms with Crippen molar-refractivity contribution in [3.8, 4) is 11.5 Å². The Morgan fingerprint density at radius 3 is 2.42 bits per heavy atom. The first-order chi connectivity index (χ1) is 15.7. The zero-order chi connectivity index (χ0) is 24.0. The van der Waals surface area contributed by atoms with Gasteiger partial charge in [0.2, 0.25) is 5.91 Å². The first-order valence-electron chi connectivity index (χ1n) is 10.6. The molecule has 0 fully saturated rings. The lowest BCUT2D eigenvalue weighted by Crippen LogP contribution is -2.29.